The maximum atomic E-state index is 13.4. The summed E-state index contributed by atoms with van der Waals surface area (Å²) in [5.41, 5.74) is 1.36. The summed E-state index contributed by atoms with van der Waals surface area (Å²) >= 11 is 7.36. The van der Waals surface area contributed by atoms with Crippen LogP contribution in [0.1, 0.15) is 31.4 Å². The molecule has 0 aliphatic heterocycles. The van der Waals surface area contributed by atoms with Gasteiger partial charge in [0.15, 0.2) is 5.16 Å². The molecule has 0 saturated heterocycles. The molecule has 3 heterocycles. The smallest absolute Gasteiger partial charge is 0.306 e. The number of benzene rings is 1. The Balaban J connectivity index is 1.44. The van der Waals surface area contributed by atoms with Crippen molar-refractivity contribution >= 4 is 45.9 Å². The summed E-state index contributed by atoms with van der Waals surface area (Å²) in [5, 5.41) is 10.9. The monoisotopic (exact) mass is 510 g/mol. The molecule has 0 atom stereocenters. The molecular weight excluding hydrogens is 488 g/mol. The first-order chi connectivity index (χ1) is 16.9. The summed E-state index contributed by atoms with van der Waals surface area (Å²) in [6, 6.07) is 12.1. The number of carboxylic acids is 1. The highest BCUT2D eigenvalue weighted by molar-refractivity contribution is 7.98. The molecule has 1 N–H and O–H groups in total. The molecule has 1 aliphatic rings. The zero-order chi connectivity index (χ0) is 24.5. The van der Waals surface area contributed by atoms with E-state index in [1.165, 1.54) is 28.4 Å². The Morgan fingerprint density at radius 2 is 1.86 bits per heavy atom. The van der Waals surface area contributed by atoms with Gasteiger partial charge in [-0.25, -0.2) is 9.97 Å². The van der Waals surface area contributed by atoms with Crippen molar-refractivity contribution in [1.29, 1.82) is 0 Å². The van der Waals surface area contributed by atoms with Crippen LogP contribution in [0.3, 0.4) is 0 Å². The third-order valence-corrected chi connectivity index (χ3v) is 7.72. The number of carbonyl (C=O) groups is 1. The van der Waals surface area contributed by atoms with E-state index in [0.717, 1.165) is 12.8 Å². The number of halogens is 1. The molecule has 5 rings (SSSR count). The predicted molar refractivity (Wildman–Crippen MR) is 135 cm³/mol. The van der Waals surface area contributed by atoms with Crippen LogP contribution in [-0.2, 0) is 17.1 Å². The van der Waals surface area contributed by atoms with Gasteiger partial charge in [-0.3, -0.25) is 23.4 Å². The van der Waals surface area contributed by atoms with Crippen LogP contribution in [0.2, 0.25) is 5.02 Å². The van der Waals surface area contributed by atoms with Crippen LogP contribution < -0.4 is 11.1 Å². The minimum Gasteiger partial charge on any atom is -0.481 e. The van der Waals surface area contributed by atoms with Gasteiger partial charge in [-0.15, -0.1) is 0 Å². The average molecular weight is 511 g/mol. The number of carboxylic acid groups (broad SMARTS) is 1. The second-order valence-corrected chi connectivity index (χ2v) is 10.2. The number of hydrogen-bond acceptors (Lipinski definition) is 6. The molecule has 1 saturated carbocycles. The molecule has 35 heavy (non-hydrogen) atoms. The molecule has 0 spiro atoms. The first-order valence-electron chi connectivity index (χ1n) is 11.4. The third-order valence-electron chi connectivity index (χ3n) is 6.49. The quantitative estimate of drug-likeness (QED) is 0.305. The van der Waals surface area contributed by atoms with Gasteiger partial charge in [0.05, 0.1) is 27.5 Å². The minimum absolute atomic E-state index is 0.111. The second-order valence-electron chi connectivity index (χ2n) is 8.83. The lowest BCUT2D eigenvalue weighted by atomic mass is 9.82. The number of rotatable bonds is 6. The number of thioether (sulfide) groups is 1. The van der Waals surface area contributed by atoms with Gasteiger partial charge in [0.25, 0.3) is 11.1 Å². The molecule has 1 aromatic carbocycles. The maximum Gasteiger partial charge on any atom is 0.306 e. The van der Waals surface area contributed by atoms with E-state index in [4.69, 9.17) is 16.6 Å². The number of aliphatic carboxylic acids is 1. The van der Waals surface area contributed by atoms with Gasteiger partial charge in [-0.1, -0.05) is 35.5 Å². The Kier molecular flexibility index (Phi) is 6.62. The van der Waals surface area contributed by atoms with E-state index in [0.29, 0.717) is 57.6 Å². The standard InChI is InChI=1S/C25H23ClN4O4S/c26-17-9-10-21-27-18(11-22(31)29(21)13-17)14-35-25-28-20-4-2-1-3-19(20)23(32)30(25)12-15-5-7-16(8-6-15)24(33)34/h1-4,9-11,13,15-16H,5-8,12,14H2,(H,33,34). The van der Waals surface area contributed by atoms with Crippen LogP contribution in [0.4, 0.5) is 0 Å². The van der Waals surface area contributed by atoms with E-state index in [-0.39, 0.29) is 23.0 Å². The van der Waals surface area contributed by atoms with E-state index in [2.05, 4.69) is 4.98 Å². The number of aromatic nitrogens is 4. The van der Waals surface area contributed by atoms with Crippen molar-refractivity contribution in [1.82, 2.24) is 18.9 Å². The highest BCUT2D eigenvalue weighted by atomic mass is 35.5. The lowest BCUT2D eigenvalue weighted by molar-refractivity contribution is -0.143. The summed E-state index contributed by atoms with van der Waals surface area (Å²) in [4.78, 5) is 46.6. The van der Waals surface area contributed by atoms with Crippen LogP contribution in [0, 0.1) is 11.8 Å². The predicted octanol–water partition coefficient (Wildman–Crippen LogP) is 4.24. The summed E-state index contributed by atoms with van der Waals surface area (Å²) in [6.07, 6.45) is 4.28. The van der Waals surface area contributed by atoms with Gasteiger partial charge in [-0.05, 0) is 55.9 Å². The Morgan fingerprint density at radius 3 is 2.63 bits per heavy atom. The van der Waals surface area contributed by atoms with E-state index < -0.39 is 5.97 Å². The van der Waals surface area contributed by atoms with Crippen LogP contribution in [0.25, 0.3) is 16.6 Å². The molecule has 1 aliphatic carbocycles. The van der Waals surface area contributed by atoms with Crippen molar-refractivity contribution < 1.29 is 9.90 Å². The second kappa shape index (κ2) is 9.83. The van der Waals surface area contributed by atoms with Crippen molar-refractivity contribution in [3.8, 4) is 0 Å². The number of pyridine rings is 1. The summed E-state index contributed by atoms with van der Waals surface area (Å²) in [6.45, 7) is 0.484. The number of nitrogens with zero attached hydrogens (tertiary/aromatic N) is 4. The number of hydrogen-bond donors (Lipinski definition) is 1. The zero-order valence-electron chi connectivity index (χ0n) is 18.8. The van der Waals surface area contributed by atoms with Crippen molar-refractivity contribution in [3.63, 3.8) is 0 Å². The van der Waals surface area contributed by atoms with Gasteiger partial charge < -0.3 is 5.11 Å². The van der Waals surface area contributed by atoms with Gasteiger partial charge in [0.2, 0.25) is 0 Å². The molecule has 0 unspecified atom stereocenters. The highest BCUT2D eigenvalue weighted by Crippen LogP contribution is 2.31. The van der Waals surface area contributed by atoms with Crippen molar-refractivity contribution in [2.75, 3.05) is 0 Å². The molecule has 3 aromatic heterocycles. The fourth-order valence-corrected chi connectivity index (χ4v) is 5.67. The lowest BCUT2D eigenvalue weighted by Gasteiger charge is -2.27. The third kappa shape index (κ3) is 4.97. The average Bonchev–Trinajstić information content (AvgIpc) is 2.85. The van der Waals surface area contributed by atoms with E-state index in [9.17, 15) is 19.5 Å². The molecule has 0 bridgehead atoms. The fraction of sp³-hybridized carbons (Fsp3) is 0.320. The van der Waals surface area contributed by atoms with Crippen molar-refractivity contribution in [3.05, 3.63) is 80.1 Å². The number of fused-ring (bicyclic) bond motifs is 2. The Labute approximate surface area is 209 Å². The molecular formula is C25H23ClN4O4S. The van der Waals surface area contributed by atoms with E-state index >= 15 is 0 Å². The molecule has 0 radical (unpaired) electrons. The van der Waals surface area contributed by atoms with E-state index in [1.807, 2.05) is 18.2 Å². The normalized spacial score (nSPS) is 18.2. The fourth-order valence-electron chi connectivity index (χ4n) is 4.61. The molecule has 1 fully saturated rings. The summed E-state index contributed by atoms with van der Waals surface area (Å²) < 4.78 is 3.10. The van der Waals surface area contributed by atoms with Gasteiger partial charge in [0, 0.05) is 24.6 Å². The maximum absolute atomic E-state index is 13.4. The Hall–Kier alpha value is -3.17. The minimum atomic E-state index is -0.745. The van der Waals surface area contributed by atoms with Gasteiger partial charge >= 0.3 is 5.97 Å². The SMILES string of the molecule is O=C(O)C1CCC(Cn2c(SCc3cc(=O)n4cc(Cl)ccc4n3)nc3ccccc3c2=O)CC1. The van der Waals surface area contributed by atoms with E-state index in [1.54, 1.807) is 22.8 Å². The molecule has 180 valence electrons. The molecule has 10 heteroatoms. The summed E-state index contributed by atoms with van der Waals surface area (Å²) in [5.74, 6) is -0.478. The van der Waals surface area contributed by atoms with Crippen LogP contribution in [-0.4, -0.2) is 30.0 Å². The van der Waals surface area contributed by atoms with Crippen molar-refractivity contribution in [2.24, 2.45) is 11.8 Å². The van der Waals surface area contributed by atoms with Gasteiger partial charge in [-0.2, -0.15) is 0 Å². The van der Waals surface area contributed by atoms with Gasteiger partial charge in [0.1, 0.15) is 5.65 Å². The summed E-state index contributed by atoms with van der Waals surface area (Å²) in [7, 11) is 0. The van der Waals surface area contributed by atoms with Crippen LogP contribution in [0.5, 0.6) is 0 Å². The Morgan fingerprint density at radius 1 is 1.09 bits per heavy atom. The largest absolute Gasteiger partial charge is 0.481 e. The van der Waals surface area contributed by atoms with Crippen LogP contribution in [0.15, 0.2) is 63.4 Å². The highest BCUT2D eigenvalue weighted by Gasteiger charge is 2.27. The topological polar surface area (TPSA) is 107 Å². The van der Waals surface area contributed by atoms with Crippen molar-refractivity contribution in [2.45, 2.75) is 43.1 Å². The molecule has 8 nitrogen and oxygen atoms in total. The lowest BCUT2D eigenvalue weighted by Crippen LogP contribution is -2.30. The number of para-hydroxylation sites is 1. The Bertz CT molecular complexity index is 1540. The first-order valence-corrected chi connectivity index (χ1v) is 12.8. The molecule has 4 aromatic rings. The molecule has 0 amide bonds. The first kappa shape index (κ1) is 23.6. The zero-order valence-corrected chi connectivity index (χ0v) is 20.3. The van der Waals surface area contributed by atoms with Crippen LogP contribution >= 0.6 is 23.4 Å².